The second-order valence-electron chi connectivity index (χ2n) is 5.47. The highest BCUT2D eigenvalue weighted by molar-refractivity contribution is 6.50. The van der Waals surface area contributed by atoms with Crippen LogP contribution in [-0.4, -0.2) is 9.97 Å². The van der Waals surface area contributed by atoms with Gasteiger partial charge in [-0.1, -0.05) is 54.9 Å². The monoisotopic (exact) mass is 324 g/mol. The zero-order valence-corrected chi connectivity index (χ0v) is 13.8. The van der Waals surface area contributed by atoms with Gasteiger partial charge in [-0.05, 0) is 42.2 Å². The fraction of sp³-hybridized carbons (Fsp3) is 0.158. The van der Waals surface area contributed by atoms with E-state index in [4.69, 9.17) is 11.6 Å². The Balaban J connectivity index is 2.06. The van der Waals surface area contributed by atoms with Crippen LogP contribution in [0.4, 0.5) is 0 Å². The molecule has 0 saturated heterocycles. The van der Waals surface area contributed by atoms with Crippen molar-refractivity contribution in [2.24, 2.45) is 0 Å². The number of H-pyrrole nitrogens is 1. The fourth-order valence-corrected chi connectivity index (χ4v) is 2.70. The number of aromatic amines is 1. The Bertz CT molecular complexity index is 940. The Labute approximate surface area is 139 Å². The van der Waals surface area contributed by atoms with Crippen LogP contribution in [0.25, 0.3) is 22.0 Å². The average Bonchev–Trinajstić information content (AvgIpc) is 2.56. The number of rotatable bonds is 3. The third-order valence-electron chi connectivity index (χ3n) is 3.85. The molecule has 3 aromatic rings. The van der Waals surface area contributed by atoms with Crippen molar-refractivity contribution in [3.05, 3.63) is 75.3 Å². The van der Waals surface area contributed by atoms with Gasteiger partial charge in [0, 0.05) is 0 Å². The van der Waals surface area contributed by atoms with Crippen LogP contribution in [0.15, 0.2) is 47.3 Å². The van der Waals surface area contributed by atoms with Crippen LogP contribution >= 0.6 is 11.6 Å². The normalized spacial score (nSPS) is 11.9. The van der Waals surface area contributed by atoms with Crippen LogP contribution < -0.4 is 5.56 Å². The predicted octanol–water partition coefficient (Wildman–Crippen LogP) is 4.53. The van der Waals surface area contributed by atoms with Gasteiger partial charge in [0.25, 0.3) is 5.56 Å². The molecule has 0 spiro atoms. The van der Waals surface area contributed by atoms with Crippen molar-refractivity contribution in [3.63, 3.8) is 0 Å². The van der Waals surface area contributed by atoms with E-state index < -0.39 is 0 Å². The minimum atomic E-state index is -0.179. The van der Waals surface area contributed by atoms with Crippen molar-refractivity contribution >= 4 is 33.6 Å². The van der Waals surface area contributed by atoms with E-state index in [0.29, 0.717) is 21.8 Å². The molecular weight excluding hydrogens is 308 g/mol. The summed E-state index contributed by atoms with van der Waals surface area (Å²) in [5.41, 5.74) is 3.69. The number of aromatic nitrogens is 2. The number of para-hydroxylation sites is 1. The van der Waals surface area contributed by atoms with E-state index in [0.717, 1.165) is 17.5 Å². The van der Waals surface area contributed by atoms with E-state index in [2.05, 4.69) is 29.0 Å². The molecule has 0 fully saturated rings. The molecule has 0 bridgehead atoms. The molecule has 0 amide bonds. The summed E-state index contributed by atoms with van der Waals surface area (Å²) in [4.78, 5) is 19.5. The van der Waals surface area contributed by atoms with Crippen molar-refractivity contribution in [2.75, 3.05) is 0 Å². The van der Waals surface area contributed by atoms with Crippen LogP contribution in [0.3, 0.4) is 0 Å². The molecule has 0 atom stereocenters. The number of hydrogen-bond acceptors (Lipinski definition) is 2. The maximum Gasteiger partial charge on any atom is 0.259 e. The Morgan fingerprint density at radius 2 is 1.96 bits per heavy atom. The number of hydrogen-bond donors (Lipinski definition) is 1. The van der Waals surface area contributed by atoms with Gasteiger partial charge in [-0.3, -0.25) is 4.79 Å². The van der Waals surface area contributed by atoms with Gasteiger partial charge in [-0.15, -0.1) is 0 Å². The van der Waals surface area contributed by atoms with E-state index in [1.165, 1.54) is 5.56 Å². The molecule has 3 rings (SSSR count). The summed E-state index contributed by atoms with van der Waals surface area (Å²) in [6.07, 6.45) is 2.81. The number of aryl methyl sites for hydroxylation is 2. The van der Waals surface area contributed by atoms with E-state index in [9.17, 15) is 4.79 Å². The standard InChI is InChI=1S/C19H17ClN2O/c1-3-13-7-9-14(10-8-13)11-16(20)18-21-17-12(2)5-4-6-15(17)19(23)22-18/h4-11H,3H2,1-2H3,(H,21,22,23)/b16-11-. The minimum absolute atomic E-state index is 0.179. The smallest absolute Gasteiger partial charge is 0.259 e. The van der Waals surface area contributed by atoms with Gasteiger partial charge in [-0.25, -0.2) is 4.98 Å². The molecule has 2 aromatic carbocycles. The molecule has 4 heteroatoms. The highest BCUT2D eigenvalue weighted by Gasteiger charge is 2.08. The summed E-state index contributed by atoms with van der Waals surface area (Å²) in [6.45, 7) is 4.05. The van der Waals surface area contributed by atoms with Crippen LogP contribution in [0, 0.1) is 6.92 Å². The van der Waals surface area contributed by atoms with E-state index in [1.54, 1.807) is 6.07 Å². The molecule has 116 valence electrons. The van der Waals surface area contributed by atoms with Crippen molar-refractivity contribution in [3.8, 4) is 0 Å². The maximum absolute atomic E-state index is 12.2. The summed E-state index contributed by atoms with van der Waals surface area (Å²) in [7, 11) is 0. The number of benzene rings is 2. The van der Waals surface area contributed by atoms with Crippen molar-refractivity contribution in [1.82, 2.24) is 9.97 Å². The summed E-state index contributed by atoms with van der Waals surface area (Å²) >= 11 is 6.37. The first-order valence-electron chi connectivity index (χ1n) is 7.54. The van der Waals surface area contributed by atoms with Gasteiger partial charge < -0.3 is 4.98 Å². The third kappa shape index (κ3) is 3.20. The fourth-order valence-electron chi connectivity index (χ4n) is 2.48. The Kier molecular flexibility index (Phi) is 4.30. The largest absolute Gasteiger partial charge is 0.305 e. The number of nitrogens with zero attached hydrogens (tertiary/aromatic N) is 1. The molecule has 1 heterocycles. The lowest BCUT2D eigenvalue weighted by molar-refractivity contribution is 1.13. The van der Waals surface area contributed by atoms with E-state index >= 15 is 0 Å². The van der Waals surface area contributed by atoms with E-state index in [-0.39, 0.29) is 5.56 Å². The summed E-state index contributed by atoms with van der Waals surface area (Å²) in [6, 6.07) is 13.7. The van der Waals surface area contributed by atoms with Gasteiger partial charge in [-0.2, -0.15) is 0 Å². The second kappa shape index (κ2) is 6.39. The Hall–Kier alpha value is -2.39. The molecule has 0 unspecified atom stereocenters. The molecule has 1 N–H and O–H groups in total. The second-order valence-corrected chi connectivity index (χ2v) is 5.88. The SMILES string of the molecule is CCc1ccc(/C=C(\Cl)c2nc3c(C)cccc3c(=O)[nH]2)cc1. The molecule has 1 aromatic heterocycles. The van der Waals surface area contributed by atoms with Crippen LogP contribution in [-0.2, 0) is 6.42 Å². The summed E-state index contributed by atoms with van der Waals surface area (Å²) in [5, 5.41) is 0.988. The number of nitrogens with one attached hydrogen (secondary N) is 1. The Morgan fingerprint density at radius 1 is 1.22 bits per heavy atom. The first-order valence-corrected chi connectivity index (χ1v) is 7.92. The van der Waals surface area contributed by atoms with Gasteiger partial charge in [0.15, 0.2) is 5.82 Å². The van der Waals surface area contributed by atoms with E-state index in [1.807, 2.05) is 37.3 Å². The van der Waals surface area contributed by atoms with Crippen molar-refractivity contribution in [1.29, 1.82) is 0 Å². The van der Waals surface area contributed by atoms with Crippen LogP contribution in [0.2, 0.25) is 0 Å². The zero-order chi connectivity index (χ0) is 16.4. The predicted molar refractivity (Wildman–Crippen MR) is 96.6 cm³/mol. The van der Waals surface area contributed by atoms with Gasteiger partial charge >= 0.3 is 0 Å². The first kappa shape index (κ1) is 15.5. The molecule has 0 aliphatic heterocycles. The highest BCUT2D eigenvalue weighted by Crippen LogP contribution is 2.21. The van der Waals surface area contributed by atoms with Crippen LogP contribution in [0.1, 0.15) is 29.4 Å². The molecule has 0 radical (unpaired) electrons. The number of halogens is 1. The summed E-state index contributed by atoms with van der Waals surface area (Å²) < 4.78 is 0. The lowest BCUT2D eigenvalue weighted by atomic mass is 10.1. The van der Waals surface area contributed by atoms with Gasteiger partial charge in [0.1, 0.15) is 0 Å². The van der Waals surface area contributed by atoms with Gasteiger partial charge in [0.05, 0.1) is 15.9 Å². The van der Waals surface area contributed by atoms with Crippen molar-refractivity contribution in [2.45, 2.75) is 20.3 Å². The van der Waals surface area contributed by atoms with Crippen molar-refractivity contribution < 1.29 is 0 Å². The quantitative estimate of drug-likeness (QED) is 0.769. The molecular formula is C19H17ClN2O. The summed E-state index contributed by atoms with van der Waals surface area (Å²) in [5.74, 6) is 0.387. The highest BCUT2D eigenvalue weighted by atomic mass is 35.5. The average molecular weight is 325 g/mol. The molecule has 0 saturated carbocycles. The lowest BCUT2D eigenvalue weighted by Gasteiger charge is -2.04. The molecule has 0 aliphatic carbocycles. The number of fused-ring (bicyclic) bond motifs is 1. The lowest BCUT2D eigenvalue weighted by Crippen LogP contribution is -2.11. The Morgan fingerprint density at radius 3 is 2.65 bits per heavy atom. The minimum Gasteiger partial charge on any atom is -0.305 e. The van der Waals surface area contributed by atoms with Gasteiger partial charge in [0.2, 0.25) is 0 Å². The third-order valence-corrected chi connectivity index (χ3v) is 4.13. The molecule has 23 heavy (non-hydrogen) atoms. The first-order chi connectivity index (χ1) is 11.1. The van der Waals surface area contributed by atoms with Crippen LogP contribution in [0.5, 0.6) is 0 Å². The maximum atomic E-state index is 12.2. The topological polar surface area (TPSA) is 45.8 Å². The zero-order valence-electron chi connectivity index (χ0n) is 13.1. The molecule has 0 aliphatic rings. The molecule has 3 nitrogen and oxygen atoms in total.